The molecule has 9 heteroatoms. The number of carbonyl (C=O) groups excluding carboxylic acids is 2. The van der Waals surface area contributed by atoms with Crippen LogP contribution in [0.1, 0.15) is 32.2 Å². The van der Waals surface area contributed by atoms with Gasteiger partial charge in [-0.25, -0.2) is 0 Å². The van der Waals surface area contributed by atoms with Gasteiger partial charge in [-0.05, 0) is 37.3 Å². The monoisotopic (exact) mass is 395 g/mol. The molecule has 0 saturated heterocycles. The Balaban J connectivity index is 1.57. The van der Waals surface area contributed by atoms with Crippen LogP contribution in [-0.4, -0.2) is 16.7 Å². The molecular formula is C20H17N3O6. The first-order valence-corrected chi connectivity index (χ1v) is 8.57. The van der Waals surface area contributed by atoms with E-state index in [4.69, 9.17) is 9.15 Å². The molecule has 0 spiro atoms. The molecule has 0 fully saturated rings. The standard InChI is InChI=1S/C20H17N3O6/c1-13-16(8-5-9-17(13)23(26)27)19(24)21-22-20(25)18-11-10-15(29-18)12-28-14-6-3-2-4-7-14/h2-11H,12H2,1H3,(H,21,24)(H,22,25). The number of amides is 2. The number of hydrazine groups is 1. The maximum absolute atomic E-state index is 12.2. The van der Waals surface area contributed by atoms with Crippen LogP contribution in [0.5, 0.6) is 5.75 Å². The van der Waals surface area contributed by atoms with Gasteiger partial charge in [0, 0.05) is 11.6 Å². The summed E-state index contributed by atoms with van der Waals surface area (Å²) in [6.45, 7) is 1.59. The molecule has 1 aromatic heterocycles. The Kier molecular flexibility index (Phi) is 5.88. The highest BCUT2D eigenvalue weighted by Gasteiger charge is 2.19. The number of hydrogen-bond donors (Lipinski definition) is 2. The summed E-state index contributed by atoms with van der Waals surface area (Å²) in [5, 5.41) is 11.0. The topological polar surface area (TPSA) is 124 Å². The van der Waals surface area contributed by atoms with Crippen LogP contribution in [-0.2, 0) is 6.61 Å². The maximum Gasteiger partial charge on any atom is 0.305 e. The van der Waals surface area contributed by atoms with E-state index in [1.165, 1.54) is 31.2 Å². The number of nitro benzene ring substituents is 1. The molecule has 9 nitrogen and oxygen atoms in total. The molecule has 2 N–H and O–H groups in total. The minimum absolute atomic E-state index is 0.0206. The summed E-state index contributed by atoms with van der Waals surface area (Å²) in [6.07, 6.45) is 0. The number of rotatable bonds is 6. The highest BCUT2D eigenvalue weighted by atomic mass is 16.6. The molecule has 29 heavy (non-hydrogen) atoms. The van der Waals surface area contributed by atoms with Crippen LogP contribution in [0.4, 0.5) is 5.69 Å². The number of benzene rings is 2. The first-order valence-electron chi connectivity index (χ1n) is 8.57. The van der Waals surface area contributed by atoms with Crippen LogP contribution in [0.15, 0.2) is 65.1 Å². The first-order chi connectivity index (χ1) is 14.0. The van der Waals surface area contributed by atoms with Gasteiger partial charge in [0.15, 0.2) is 5.76 Å². The van der Waals surface area contributed by atoms with Gasteiger partial charge in [-0.3, -0.25) is 30.6 Å². The zero-order valence-electron chi connectivity index (χ0n) is 15.4. The summed E-state index contributed by atoms with van der Waals surface area (Å²) in [6, 6.07) is 16.3. The van der Waals surface area contributed by atoms with E-state index in [1.54, 1.807) is 18.2 Å². The van der Waals surface area contributed by atoms with Crippen LogP contribution in [0.3, 0.4) is 0 Å². The van der Waals surface area contributed by atoms with Gasteiger partial charge in [-0.15, -0.1) is 0 Å². The van der Waals surface area contributed by atoms with E-state index in [0.29, 0.717) is 11.5 Å². The molecule has 3 aromatic rings. The average molecular weight is 395 g/mol. The Morgan fingerprint density at radius 3 is 2.45 bits per heavy atom. The summed E-state index contributed by atoms with van der Waals surface area (Å²) < 4.78 is 10.9. The Morgan fingerprint density at radius 1 is 1.00 bits per heavy atom. The second-order valence-corrected chi connectivity index (χ2v) is 5.98. The van der Waals surface area contributed by atoms with Gasteiger partial charge in [-0.1, -0.05) is 24.3 Å². The van der Waals surface area contributed by atoms with Crippen LogP contribution in [0, 0.1) is 17.0 Å². The van der Waals surface area contributed by atoms with E-state index in [0.717, 1.165) is 0 Å². The minimum Gasteiger partial charge on any atom is -0.486 e. The highest BCUT2D eigenvalue weighted by Crippen LogP contribution is 2.20. The second-order valence-electron chi connectivity index (χ2n) is 5.98. The van der Waals surface area contributed by atoms with E-state index in [-0.39, 0.29) is 29.2 Å². The molecule has 1 heterocycles. The number of nitro groups is 1. The van der Waals surface area contributed by atoms with Gasteiger partial charge in [0.2, 0.25) is 0 Å². The normalized spacial score (nSPS) is 10.2. The van der Waals surface area contributed by atoms with Crippen molar-refractivity contribution >= 4 is 17.5 Å². The van der Waals surface area contributed by atoms with Crippen LogP contribution >= 0.6 is 0 Å². The van der Waals surface area contributed by atoms with Crippen molar-refractivity contribution in [2.45, 2.75) is 13.5 Å². The van der Waals surface area contributed by atoms with Gasteiger partial charge in [0.05, 0.1) is 10.5 Å². The zero-order valence-corrected chi connectivity index (χ0v) is 15.4. The Labute approximate surface area is 165 Å². The number of furan rings is 1. The summed E-state index contributed by atoms with van der Waals surface area (Å²) in [5.41, 5.74) is 4.53. The molecule has 3 rings (SSSR count). The molecule has 0 radical (unpaired) electrons. The van der Waals surface area contributed by atoms with Crippen molar-refractivity contribution in [1.82, 2.24) is 10.9 Å². The lowest BCUT2D eigenvalue weighted by atomic mass is 10.1. The van der Waals surface area contributed by atoms with Gasteiger partial charge < -0.3 is 9.15 Å². The summed E-state index contributed by atoms with van der Waals surface area (Å²) in [7, 11) is 0. The predicted octanol–water partition coefficient (Wildman–Crippen LogP) is 3.15. The molecule has 2 aromatic carbocycles. The van der Waals surface area contributed by atoms with E-state index in [2.05, 4.69) is 10.9 Å². The number of carbonyl (C=O) groups is 2. The number of nitrogens with zero attached hydrogens (tertiary/aromatic N) is 1. The largest absolute Gasteiger partial charge is 0.486 e. The fourth-order valence-corrected chi connectivity index (χ4v) is 2.56. The van der Waals surface area contributed by atoms with Gasteiger partial charge in [-0.2, -0.15) is 0 Å². The molecule has 148 valence electrons. The van der Waals surface area contributed by atoms with Crippen molar-refractivity contribution < 1.29 is 23.7 Å². The molecule has 0 saturated carbocycles. The van der Waals surface area contributed by atoms with Gasteiger partial charge in [0.25, 0.3) is 11.6 Å². The van der Waals surface area contributed by atoms with Crippen molar-refractivity contribution in [3.63, 3.8) is 0 Å². The molecule has 0 aliphatic carbocycles. The van der Waals surface area contributed by atoms with Crippen molar-refractivity contribution in [2.75, 3.05) is 0 Å². The summed E-state index contributed by atoms with van der Waals surface area (Å²) >= 11 is 0. The van der Waals surface area contributed by atoms with Gasteiger partial charge in [0.1, 0.15) is 18.1 Å². The number of para-hydroxylation sites is 1. The van der Waals surface area contributed by atoms with Crippen molar-refractivity contribution in [2.24, 2.45) is 0 Å². The quantitative estimate of drug-likeness (QED) is 0.488. The van der Waals surface area contributed by atoms with Crippen LogP contribution in [0.2, 0.25) is 0 Å². The minimum atomic E-state index is -0.682. The predicted molar refractivity (Wildman–Crippen MR) is 102 cm³/mol. The Morgan fingerprint density at radius 2 is 1.72 bits per heavy atom. The van der Waals surface area contributed by atoms with Crippen LogP contribution < -0.4 is 15.6 Å². The second kappa shape index (κ2) is 8.70. The molecule has 0 unspecified atom stereocenters. The van der Waals surface area contributed by atoms with E-state index < -0.39 is 16.7 Å². The third-order valence-electron chi connectivity index (χ3n) is 4.05. The fraction of sp³-hybridized carbons (Fsp3) is 0.100. The molecule has 0 aliphatic heterocycles. The fourth-order valence-electron chi connectivity index (χ4n) is 2.56. The van der Waals surface area contributed by atoms with Crippen molar-refractivity contribution in [3.05, 3.63) is 93.4 Å². The molecule has 0 atom stereocenters. The first kappa shape index (κ1) is 19.6. The molecule has 2 amide bonds. The highest BCUT2D eigenvalue weighted by molar-refractivity contribution is 5.99. The zero-order chi connectivity index (χ0) is 20.8. The van der Waals surface area contributed by atoms with E-state index >= 15 is 0 Å². The van der Waals surface area contributed by atoms with Crippen molar-refractivity contribution in [1.29, 1.82) is 0 Å². The lowest BCUT2D eigenvalue weighted by Gasteiger charge is -2.08. The summed E-state index contributed by atoms with van der Waals surface area (Å²) in [4.78, 5) is 34.8. The average Bonchev–Trinajstić information content (AvgIpc) is 3.20. The number of ether oxygens (including phenoxy) is 1. The Bertz CT molecular complexity index is 1050. The third-order valence-corrected chi connectivity index (χ3v) is 4.05. The number of nitrogens with one attached hydrogen (secondary N) is 2. The van der Waals surface area contributed by atoms with E-state index in [1.807, 2.05) is 18.2 Å². The van der Waals surface area contributed by atoms with E-state index in [9.17, 15) is 19.7 Å². The molecule has 0 aliphatic rings. The smallest absolute Gasteiger partial charge is 0.305 e. The number of hydrogen-bond acceptors (Lipinski definition) is 6. The molecular weight excluding hydrogens is 378 g/mol. The lowest BCUT2D eigenvalue weighted by Crippen LogP contribution is -2.41. The van der Waals surface area contributed by atoms with Crippen LogP contribution in [0.25, 0.3) is 0 Å². The SMILES string of the molecule is Cc1c(C(=O)NNC(=O)c2ccc(COc3ccccc3)o2)cccc1[N+](=O)[O-]. The molecule has 0 bridgehead atoms. The van der Waals surface area contributed by atoms with Crippen molar-refractivity contribution in [3.8, 4) is 5.75 Å². The Hall–Kier alpha value is -4.14. The lowest BCUT2D eigenvalue weighted by molar-refractivity contribution is -0.385. The summed E-state index contributed by atoms with van der Waals surface area (Å²) in [5.74, 6) is -0.284. The third kappa shape index (κ3) is 4.78. The van der Waals surface area contributed by atoms with Gasteiger partial charge >= 0.3 is 5.91 Å². The maximum atomic E-state index is 12.2.